The van der Waals surface area contributed by atoms with E-state index in [1.807, 2.05) is 13.8 Å². The SMILES string of the molecule is C=CCNC(=O)C(=O)C(CCC(F)(F)F)NC(=O)[C@@H]1C[C@@H](C(C)C)CN1C(=O)[C@@H](NC(=O)N[C@H](C(=O)C1CC1)C1CCCCC1)C(C)(C)C. The Hall–Kier alpha value is -3.45. The quantitative estimate of drug-likeness (QED) is 0.149. The van der Waals surface area contributed by atoms with Crippen LogP contribution >= 0.6 is 0 Å². The minimum Gasteiger partial charge on any atom is -0.346 e. The van der Waals surface area contributed by atoms with E-state index >= 15 is 0 Å². The van der Waals surface area contributed by atoms with Gasteiger partial charge in [0.05, 0.1) is 12.1 Å². The summed E-state index contributed by atoms with van der Waals surface area (Å²) in [5.74, 6) is -4.02. The predicted octanol–water partition coefficient (Wildman–Crippen LogP) is 4.20. The van der Waals surface area contributed by atoms with Crippen molar-refractivity contribution >= 4 is 35.3 Å². The van der Waals surface area contributed by atoms with E-state index in [-0.39, 0.29) is 49.0 Å². The average Bonchev–Trinajstić information content (AvgIpc) is 3.78. The molecule has 5 amide bonds. The molecule has 49 heavy (non-hydrogen) atoms. The van der Waals surface area contributed by atoms with E-state index in [2.05, 4.69) is 27.8 Å². The molecule has 3 rings (SSSR count). The second kappa shape index (κ2) is 17.0. The fourth-order valence-electron chi connectivity index (χ4n) is 6.74. The highest BCUT2D eigenvalue weighted by Crippen LogP contribution is 2.36. The average molecular weight is 698 g/mol. The summed E-state index contributed by atoms with van der Waals surface area (Å²) in [5, 5.41) is 10.2. The molecule has 0 bridgehead atoms. The summed E-state index contributed by atoms with van der Waals surface area (Å²) in [6.07, 6.45) is 0.812. The van der Waals surface area contributed by atoms with Crippen LogP contribution in [0, 0.1) is 29.1 Å². The van der Waals surface area contributed by atoms with Crippen molar-refractivity contribution in [3.8, 4) is 0 Å². The molecule has 0 aromatic carbocycles. The molecule has 2 saturated carbocycles. The second-order valence-electron chi connectivity index (χ2n) is 15.3. The summed E-state index contributed by atoms with van der Waals surface area (Å²) in [4.78, 5) is 81.4. The van der Waals surface area contributed by atoms with Gasteiger partial charge in [-0.1, -0.05) is 60.0 Å². The van der Waals surface area contributed by atoms with Crippen LogP contribution in [0.2, 0.25) is 0 Å². The Kier molecular flexibility index (Phi) is 13.9. The van der Waals surface area contributed by atoms with Crippen molar-refractivity contribution in [3.05, 3.63) is 12.7 Å². The Balaban J connectivity index is 1.83. The number of Topliss-reactive ketones (excluding diaryl/α,β-unsaturated/α-hetero) is 2. The lowest BCUT2D eigenvalue weighted by molar-refractivity contribution is -0.147. The first kappa shape index (κ1) is 40.0. The first-order valence-electron chi connectivity index (χ1n) is 17.5. The van der Waals surface area contributed by atoms with Gasteiger partial charge < -0.3 is 26.2 Å². The molecular formula is C35H54F3N5O6. The number of rotatable bonds is 15. The molecule has 0 radical (unpaired) electrons. The number of urea groups is 1. The third-order valence-corrected chi connectivity index (χ3v) is 9.92. The zero-order chi connectivity index (χ0) is 36.7. The number of ketones is 2. The maximum atomic E-state index is 14.3. The van der Waals surface area contributed by atoms with Crippen LogP contribution in [-0.4, -0.2) is 83.7 Å². The zero-order valence-corrected chi connectivity index (χ0v) is 29.4. The smallest absolute Gasteiger partial charge is 0.346 e. The molecular weight excluding hydrogens is 643 g/mol. The third kappa shape index (κ3) is 11.6. The maximum absolute atomic E-state index is 14.3. The molecule has 0 aromatic rings. The standard InChI is InChI=1S/C35H54F3N5O6/c1-7-17-39-31(47)28(45)24(15-16-35(36,37)38)40-30(46)25-18-23(20(2)3)19-43(25)32(48)29(34(4,5)6)42-33(49)41-26(27(44)22-13-14-22)21-11-9-8-10-12-21/h7,20-26,29H,1,8-19H2,2-6H3,(H,39,47)(H,40,46)(H2,41,42,49)/t23-,24?,25+,26+,29-/m1/s1. The highest BCUT2D eigenvalue weighted by molar-refractivity contribution is 6.38. The van der Waals surface area contributed by atoms with Gasteiger partial charge in [-0.2, -0.15) is 13.2 Å². The molecule has 0 spiro atoms. The normalized spacial score (nSPS) is 22.1. The number of likely N-dealkylation sites (tertiary alicyclic amines) is 1. The van der Waals surface area contributed by atoms with E-state index < -0.39 is 78.1 Å². The van der Waals surface area contributed by atoms with Gasteiger partial charge in [0, 0.05) is 25.4 Å². The molecule has 1 unspecified atom stereocenters. The number of amides is 5. The van der Waals surface area contributed by atoms with Crippen molar-refractivity contribution in [2.24, 2.45) is 29.1 Å². The summed E-state index contributed by atoms with van der Waals surface area (Å²) in [5.41, 5.74) is -0.847. The van der Waals surface area contributed by atoms with Crippen LogP contribution in [0.4, 0.5) is 18.0 Å². The first-order chi connectivity index (χ1) is 22.8. The number of nitrogens with one attached hydrogen (secondary N) is 4. The molecule has 5 atom stereocenters. The van der Waals surface area contributed by atoms with Gasteiger partial charge >= 0.3 is 12.2 Å². The highest BCUT2D eigenvalue weighted by Gasteiger charge is 2.47. The Morgan fingerprint density at radius 3 is 2.06 bits per heavy atom. The van der Waals surface area contributed by atoms with Crippen LogP contribution < -0.4 is 21.3 Å². The van der Waals surface area contributed by atoms with Gasteiger partial charge in [0.15, 0.2) is 5.78 Å². The van der Waals surface area contributed by atoms with Gasteiger partial charge in [0.25, 0.3) is 5.91 Å². The lowest BCUT2D eigenvalue weighted by atomic mass is 9.81. The van der Waals surface area contributed by atoms with Crippen LogP contribution in [0.15, 0.2) is 12.7 Å². The highest BCUT2D eigenvalue weighted by atomic mass is 19.4. The molecule has 14 heteroatoms. The van der Waals surface area contributed by atoms with Gasteiger partial charge in [-0.3, -0.25) is 24.0 Å². The van der Waals surface area contributed by atoms with E-state index in [1.165, 1.54) is 11.0 Å². The third-order valence-electron chi connectivity index (χ3n) is 9.92. The molecule has 1 heterocycles. The minimum atomic E-state index is -4.65. The van der Waals surface area contributed by atoms with E-state index in [9.17, 15) is 41.9 Å². The van der Waals surface area contributed by atoms with Crippen LogP contribution in [0.1, 0.15) is 98.8 Å². The Morgan fingerprint density at radius 1 is 0.898 bits per heavy atom. The summed E-state index contributed by atoms with van der Waals surface area (Å²) < 4.78 is 39.5. The molecule has 276 valence electrons. The molecule has 3 fully saturated rings. The number of carbonyl (C=O) groups excluding carboxylic acids is 6. The molecule has 4 N–H and O–H groups in total. The minimum absolute atomic E-state index is 0.0155. The Labute approximate surface area is 287 Å². The van der Waals surface area contributed by atoms with Crippen molar-refractivity contribution in [2.45, 2.75) is 129 Å². The number of halogens is 3. The second-order valence-corrected chi connectivity index (χ2v) is 15.3. The lowest BCUT2D eigenvalue weighted by Gasteiger charge is -2.36. The topological polar surface area (TPSA) is 154 Å². The van der Waals surface area contributed by atoms with Gasteiger partial charge in [0.2, 0.25) is 17.6 Å². The van der Waals surface area contributed by atoms with Gasteiger partial charge in [0.1, 0.15) is 12.1 Å². The zero-order valence-electron chi connectivity index (χ0n) is 29.4. The lowest BCUT2D eigenvalue weighted by Crippen LogP contribution is -2.61. The Bertz CT molecular complexity index is 1240. The number of carbonyl (C=O) groups is 6. The van der Waals surface area contributed by atoms with Crippen molar-refractivity contribution < 1.29 is 41.9 Å². The molecule has 3 aliphatic rings. The summed E-state index contributed by atoms with van der Waals surface area (Å²) in [6.45, 7) is 12.6. The number of nitrogens with zero attached hydrogens (tertiary/aromatic N) is 1. The number of hydrogen-bond donors (Lipinski definition) is 4. The van der Waals surface area contributed by atoms with Crippen LogP contribution in [-0.2, 0) is 24.0 Å². The van der Waals surface area contributed by atoms with E-state index in [4.69, 9.17) is 0 Å². The van der Waals surface area contributed by atoms with Crippen molar-refractivity contribution in [1.82, 2.24) is 26.2 Å². The largest absolute Gasteiger partial charge is 0.389 e. The maximum Gasteiger partial charge on any atom is 0.389 e. The number of hydrogen-bond acceptors (Lipinski definition) is 6. The van der Waals surface area contributed by atoms with Gasteiger partial charge in [-0.05, 0) is 61.7 Å². The first-order valence-corrected chi connectivity index (χ1v) is 17.5. The summed E-state index contributed by atoms with van der Waals surface area (Å²) >= 11 is 0. The van der Waals surface area contributed by atoms with Crippen molar-refractivity contribution in [3.63, 3.8) is 0 Å². The van der Waals surface area contributed by atoms with E-state index in [1.54, 1.807) is 20.8 Å². The number of alkyl halides is 3. The molecule has 1 aliphatic heterocycles. The Morgan fingerprint density at radius 2 is 1.53 bits per heavy atom. The predicted molar refractivity (Wildman–Crippen MR) is 177 cm³/mol. The monoisotopic (exact) mass is 697 g/mol. The summed E-state index contributed by atoms with van der Waals surface area (Å²) in [6, 6.07) is -5.41. The molecule has 1 saturated heterocycles. The van der Waals surface area contributed by atoms with Crippen molar-refractivity contribution in [1.29, 1.82) is 0 Å². The van der Waals surface area contributed by atoms with Crippen LogP contribution in [0.5, 0.6) is 0 Å². The fourth-order valence-corrected chi connectivity index (χ4v) is 6.74. The van der Waals surface area contributed by atoms with Crippen LogP contribution in [0.25, 0.3) is 0 Å². The fraction of sp³-hybridized carbons (Fsp3) is 0.771. The molecule has 0 aromatic heterocycles. The van der Waals surface area contributed by atoms with Gasteiger partial charge in [-0.15, -0.1) is 6.58 Å². The van der Waals surface area contributed by atoms with E-state index in [0.29, 0.717) is 0 Å². The molecule has 2 aliphatic carbocycles. The van der Waals surface area contributed by atoms with Crippen molar-refractivity contribution in [2.75, 3.05) is 13.1 Å². The molecule has 11 nitrogen and oxygen atoms in total. The summed E-state index contributed by atoms with van der Waals surface area (Å²) in [7, 11) is 0. The van der Waals surface area contributed by atoms with Crippen LogP contribution in [0.3, 0.4) is 0 Å². The van der Waals surface area contributed by atoms with Gasteiger partial charge in [-0.25, -0.2) is 4.79 Å². The van der Waals surface area contributed by atoms with E-state index in [0.717, 1.165) is 44.9 Å².